The van der Waals surface area contributed by atoms with Crippen molar-refractivity contribution in [2.45, 2.75) is 23.5 Å². The smallest absolute Gasteiger partial charge is 0.241 e. The van der Waals surface area contributed by atoms with E-state index in [0.29, 0.717) is 6.42 Å². The van der Waals surface area contributed by atoms with Gasteiger partial charge in [0.25, 0.3) is 0 Å². The van der Waals surface area contributed by atoms with Crippen LogP contribution in [0.3, 0.4) is 0 Å². The first-order chi connectivity index (χ1) is 11.5. The Balaban J connectivity index is 1.70. The molecule has 1 aliphatic rings. The second-order valence-electron chi connectivity index (χ2n) is 6.08. The van der Waals surface area contributed by atoms with Gasteiger partial charge >= 0.3 is 0 Å². The third-order valence-electron chi connectivity index (χ3n) is 4.52. The maximum atomic E-state index is 12.8. The average Bonchev–Trinajstić information content (AvgIpc) is 2.90. The van der Waals surface area contributed by atoms with E-state index in [0.717, 1.165) is 21.9 Å². The van der Waals surface area contributed by atoms with Crippen molar-refractivity contribution in [3.05, 3.63) is 77.9 Å². The summed E-state index contributed by atoms with van der Waals surface area (Å²) in [6, 6.07) is 19.6. The van der Waals surface area contributed by atoms with Crippen molar-refractivity contribution in [3.8, 4) is 0 Å². The largest absolute Gasteiger partial charge is 0.391 e. The Bertz CT molecular complexity index is 1010. The predicted molar refractivity (Wildman–Crippen MR) is 93.2 cm³/mol. The highest BCUT2D eigenvalue weighted by Gasteiger charge is 2.34. The molecule has 0 aromatic heterocycles. The van der Waals surface area contributed by atoms with Gasteiger partial charge in [0.15, 0.2) is 0 Å². The summed E-state index contributed by atoms with van der Waals surface area (Å²) < 4.78 is 28.2. The van der Waals surface area contributed by atoms with Crippen LogP contribution in [-0.4, -0.2) is 19.6 Å². The van der Waals surface area contributed by atoms with Gasteiger partial charge in [-0.05, 0) is 34.0 Å². The Morgan fingerprint density at radius 3 is 2.46 bits per heavy atom. The minimum Gasteiger partial charge on any atom is -0.391 e. The molecular formula is C19H17NO3S. The van der Waals surface area contributed by atoms with E-state index in [-0.39, 0.29) is 4.90 Å². The van der Waals surface area contributed by atoms with E-state index in [1.165, 1.54) is 0 Å². The van der Waals surface area contributed by atoms with Gasteiger partial charge in [0.1, 0.15) is 0 Å². The zero-order valence-corrected chi connectivity index (χ0v) is 13.7. The van der Waals surface area contributed by atoms with Crippen LogP contribution in [0.4, 0.5) is 0 Å². The Kier molecular flexibility index (Phi) is 3.64. The minimum absolute atomic E-state index is 0.206. The molecule has 1 aliphatic carbocycles. The van der Waals surface area contributed by atoms with Crippen LogP contribution >= 0.6 is 0 Å². The van der Waals surface area contributed by atoms with Crippen molar-refractivity contribution < 1.29 is 13.5 Å². The van der Waals surface area contributed by atoms with Gasteiger partial charge in [-0.15, -0.1) is 0 Å². The molecule has 4 rings (SSSR count). The molecule has 0 saturated heterocycles. The number of hydrogen-bond donors (Lipinski definition) is 2. The van der Waals surface area contributed by atoms with E-state index >= 15 is 0 Å². The number of aliphatic hydroxyl groups excluding tert-OH is 1. The van der Waals surface area contributed by atoms with Crippen LogP contribution in [0, 0.1) is 0 Å². The van der Waals surface area contributed by atoms with Crippen LogP contribution in [0.15, 0.2) is 71.6 Å². The first-order valence-electron chi connectivity index (χ1n) is 7.82. The van der Waals surface area contributed by atoms with Gasteiger partial charge in [0.2, 0.25) is 10.0 Å². The summed E-state index contributed by atoms with van der Waals surface area (Å²) in [5.74, 6) is 0. The molecule has 3 aromatic carbocycles. The molecule has 2 N–H and O–H groups in total. The molecule has 0 bridgehead atoms. The molecule has 2 atom stereocenters. The summed E-state index contributed by atoms with van der Waals surface area (Å²) in [6.07, 6.45) is -0.293. The normalized spacial score (nSPS) is 20.2. The number of sulfonamides is 1. The van der Waals surface area contributed by atoms with Crippen LogP contribution in [0.1, 0.15) is 17.2 Å². The van der Waals surface area contributed by atoms with Crippen molar-refractivity contribution in [2.75, 3.05) is 0 Å². The fraction of sp³-hybridized carbons (Fsp3) is 0.158. The van der Waals surface area contributed by atoms with Crippen LogP contribution in [0.5, 0.6) is 0 Å². The first-order valence-corrected chi connectivity index (χ1v) is 9.30. The topological polar surface area (TPSA) is 66.4 Å². The summed E-state index contributed by atoms with van der Waals surface area (Å²) >= 11 is 0. The number of rotatable bonds is 3. The minimum atomic E-state index is -3.72. The average molecular weight is 339 g/mol. The molecule has 0 spiro atoms. The second kappa shape index (κ2) is 5.70. The fourth-order valence-electron chi connectivity index (χ4n) is 3.29. The number of hydrogen-bond acceptors (Lipinski definition) is 3. The summed E-state index contributed by atoms with van der Waals surface area (Å²) in [7, 11) is -3.72. The molecule has 5 heteroatoms. The zero-order chi connectivity index (χ0) is 16.7. The van der Waals surface area contributed by atoms with Crippen molar-refractivity contribution in [2.24, 2.45) is 0 Å². The molecule has 122 valence electrons. The van der Waals surface area contributed by atoms with Gasteiger partial charge in [-0.1, -0.05) is 54.6 Å². The van der Waals surface area contributed by atoms with Crippen molar-refractivity contribution in [3.63, 3.8) is 0 Å². The molecule has 4 nitrogen and oxygen atoms in total. The Labute approximate surface area is 140 Å². The lowest BCUT2D eigenvalue weighted by molar-refractivity contribution is 0.151. The van der Waals surface area contributed by atoms with Gasteiger partial charge < -0.3 is 5.11 Å². The van der Waals surface area contributed by atoms with E-state index in [1.807, 2.05) is 48.5 Å². The Hall–Kier alpha value is -2.21. The zero-order valence-electron chi connectivity index (χ0n) is 12.9. The number of nitrogens with one attached hydrogen (secondary N) is 1. The van der Waals surface area contributed by atoms with Crippen molar-refractivity contribution in [1.29, 1.82) is 0 Å². The molecule has 24 heavy (non-hydrogen) atoms. The van der Waals surface area contributed by atoms with Crippen LogP contribution in [0.2, 0.25) is 0 Å². The molecule has 3 aromatic rings. The lowest BCUT2D eigenvalue weighted by Gasteiger charge is -2.18. The molecular weight excluding hydrogens is 322 g/mol. The summed E-state index contributed by atoms with van der Waals surface area (Å²) in [6.45, 7) is 0. The second-order valence-corrected chi connectivity index (χ2v) is 7.79. The lowest BCUT2D eigenvalue weighted by Crippen LogP contribution is -2.33. The van der Waals surface area contributed by atoms with Gasteiger partial charge in [0, 0.05) is 6.42 Å². The van der Waals surface area contributed by atoms with Crippen molar-refractivity contribution >= 4 is 20.8 Å². The van der Waals surface area contributed by atoms with E-state index in [1.54, 1.807) is 18.2 Å². The highest BCUT2D eigenvalue weighted by atomic mass is 32.2. The van der Waals surface area contributed by atoms with Crippen LogP contribution < -0.4 is 4.72 Å². The SMILES string of the molecule is O=S(=O)(NC1c2ccccc2CC1O)c1ccc2ccccc2c1. The molecule has 0 aliphatic heterocycles. The maximum absolute atomic E-state index is 12.8. The Morgan fingerprint density at radius 2 is 1.62 bits per heavy atom. The first kappa shape index (κ1) is 15.3. The number of benzene rings is 3. The predicted octanol–water partition coefficient (Wildman–Crippen LogP) is 2.78. The molecule has 0 saturated carbocycles. The summed E-state index contributed by atoms with van der Waals surface area (Å²) in [4.78, 5) is 0.206. The van der Waals surface area contributed by atoms with Crippen LogP contribution in [-0.2, 0) is 16.4 Å². The molecule has 0 heterocycles. The van der Waals surface area contributed by atoms with E-state index in [9.17, 15) is 13.5 Å². The quantitative estimate of drug-likeness (QED) is 0.771. The highest BCUT2D eigenvalue weighted by Crippen LogP contribution is 2.32. The summed E-state index contributed by atoms with van der Waals surface area (Å²) in [5.41, 5.74) is 1.82. The van der Waals surface area contributed by atoms with Gasteiger partial charge in [-0.25, -0.2) is 13.1 Å². The monoisotopic (exact) mass is 339 g/mol. The van der Waals surface area contributed by atoms with E-state index in [2.05, 4.69) is 4.72 Å². The fourth-order valence-corrected chi connectivity index (χ4v) is 4.57. The molecule has 2 unspecified atom stereocenters. The third-order valence-corrected chi connectivity index (χ3v) is 5.96. The van der Waals surface area contributed by atoms with Gasteiger partial charge in [-0.2, -0.15) is 0 Å². The lowest BCUT2D eigenvalue weighted by atomic mass is 10.1. The highest BCUT2D eigenvalue weighted by molar-refractivity contribution is 7.89. The maximum Gasteiger partial charge on any atom is 0.241 e. The Morgan fingerprint density at radius 1 is 0.917 bits per heavy atom. The number of fused-ring (bicyclic) bond motifs is 2. The van der Waals surface area contributed by atoms with E-state index < -0.39 is 22.2 Å². The summed E-state index contributed by atoms with van der Waals surface area (Å²) in [5, 5.41) is 12.1. The van der Waals surface area contributed by atoms with Crippen LogP contribution in [0.25, 0.3) is 10.8 Å². The molecule has 0 amide bonds. The third kappa shape index (κ3) is 2.60. The standard InChI is InChI=1S/C19H17NO3S/c21-18-12-15-7-3-4-8-17(15)19(18)20-24(22,23)16-10-9-13-5-1-2-6-14(13)11-16/h1-11,18-21H,12H2. The molecule has 0 radical (unpaired) electrons. The van der Waals surface area contributed by atoms with Gasteiger partial charge in [-0.3, -0.25) is 0 Å². The molecule has 0 fully saturated rings. The van der Waals surface area contributed by atoms with E-state index in [4.69, 9.17) is 0 Å². The van der Waals surface area contributed by atoms with Gasteiger partial charge in [0.05, 0.1) is 17.0 Å². The number of aliphatic hydroxyl groups is 1. The van der Waals surface area contributed by atoms with Crippen molar-refractivity contribution in [1.82, 2.24) is 4.72 Å².